The van der Waals surface area contributed by atoms with Crippen LogP contribution in [-0.2, 0) is 6.42 Å². The van der Waals surface area contributed by atoms with Gasteiger partial charge in [-0.05, 0) is 48.4 Å². The molecule has 4 heteroatoms. The summed E-state index contributed by atoms with van der Waals surface area (Å²) in [7, 11) is 0. The summed E-state index contributed by atoms with van der Waals surface area (Å²) in [5.74, 6) is -0.209. The van der Waals surface area contributed by atoms with Crippen LogP contribution >= 0.6 is 0 Å². The van der Waals surface area contributed by atoms with E-state index in [1.807, 2.05) is 24.3 Å². The molecule has 0 aromatic heterocycles. The molecule has 0 aliphatic heterocycles. The predicted molar refractivity (Wildman–Crippen MR) is 92.6 cm³/mol. The fourth-order valence-corrected chi connectivity index (χ4v) is 2.71. The molecular weight excluding hydrogens is 288 g/mol. The van der Waals surface area contributed by atoms with Gasteiger partial charge in [-0.2, -0.15) is 0 Å². The van der Waals surface area contributed by atoms with Crippen molar-refractivity contribution in [3.05, 3.63) is 65.2 Å². The van der Waals surface area contributed by atoms with Crippen LogP contribution < -0.4 is 5.73 Å². The zero-order valence-corrected chi connectivity index (χ0v) is 12.9. The van der Waals surface area contributed by atoms with Crippen molar-refractivity contribution in [3.8, 4) is 5.75 Å². The molecular formula is C19H18N2O2. The number of phenolic OH excluding ortho intramolecular Hbond substituents is 1. The van der Waals surface area contributed by atoms with E-state index in [1.54, 1.807) is 6.08 Å². The Labute approximate surface area is 135 Å². The summed E-state index contributed by atoms with van der Waals surface area (Å²) < 4.78 is 0. The SMILES string of the molecule is CCCc1ccc(N=C2C=CC(=O)c3c(N)ccc(O)c32)cc1. The maximum atomic E-state index is 12.0. The van der Waals surface area contributed by atoms with Crippen molar-refractivity contribution in [2.45, 2.75) is 19.8 Å². The number of hydrogen-bond acceptors (Lipinski definition) is 4. The Balaban J connectivity index is 2.06. The van der Waals surface area contributed by atoms with Gasteiger partial charge in [-0.3, -0.25) is 4.79 Å². The van der Waals surface area contributed by atoms with Gasteiger partial charge in [-0.25, -0.2) is 4.99 Å². The van der Waals surface area contributed by atoms with Gasteiger partial charge in [-0.1, -0.05) is 25.5 Å². The topological polar surface area (TPSA) is 75.7 Å². The highest BCUT2D eigenvalue weighted by atomic mass is 16.3. The third kappa shape index (κ3) is 2.88. The Morgan fingerprint density at radius 3 is 2.48 bits per heavy atom. The van der Waals surface area contributed by atoms with E-state index < -0.39 is 0 Å². The lowest BCUT2D eigenvalue weighted by molar-refractivity contribution is 0.104. The highest BCUT2D eigenvalue weighted by molar-refractivity contribution is 6.27. The first-order chi connectivity index (χ1) is 11.1. The number of ketones is 1. The van der Waals surface area contributed by atoms with E-state index in [-0.39, 0.29) is 11.5 Å². The molecule has 0 saturated heterocycles. The van der Waals surface area contributed by atoms with Crippen LogP contribution in [-0.4, -0.2) is 16.6 Å². The quantitative estimate of drug-likeness (QED) is 0.669. The first-order valence-corrected chi connectivity index (χ1v) is 7.62. The second-order valence-electron chi connectivity index (χ2n) is 5.53. The van der Waals surface area contributed by atoms with Crippen molar-refractivity contribution < 1.29 is 9.90 Å². The van der Waals surface area contributed by atoms with Crippen molar-refractivity contribution >= 4 is 22.9 Å². The molecule has 3 N–H and O–H groups in total. The highest BCUT2D eigenvalue weighted by Gasteiger charge is 2.23. The molecule has 0 amide bonds. The average Bonchev–Trinajstić information content (AvgIpc) is 2.55. The first kappa shape index (κ1) is 15.0. The van der Waals surface area contributed by atoms with Crippen molar-refractivity contribution in [2.75, 3.05) is 5.73 Å². The number of benzene rings is 2. The van der Waals surface area contributed by atoms with Gasteiger partial charge in [0.05, 0.1) is 22.5 Å². The van der Waals surface area contributed by atoms with Crippen LogP contribution in [0.25, 0.3) is 0 Å². The number of rotatable bonds is 3. The van der Waals surface area contributed by atoms with E-state index in [2.05, 4.69) is 11.9 Å². The number of allylic oxidation sites excluding steroid dienone is 2. The van der Waals surface area contributed by atoms with Crippen molar-refractivity contribution in [3.63, 3.8) is 0 Å². The summed E-state index contributed by atoms with van der Waals surface area (Å²) >= 11 is 0. The molecule has 0 fully saturated rings. The van der Waals surface area contributed by atoms with E-state index in [4.69, 9.17) is 5.73 Å². The minimum absolute atomic E-state index is 0.00764. The largest absolute Gasteiger partial charge is 0.507 e. The van der Waals surface area contributed by atoms with E-state index >= 15 is 0 Å². The van der Waals surface area contributed by atoms with Gasteiger partial charge < -0.3 is 10.8 Å². The van der Waals surface area contributed by atoms with Crippen molar-refractivity contribution in [2.24, 2.45) is 4.99 Å². The van der Waals surface area contributed by atoms with E-state index in [0.29, 0.717) is 22.5 Å². The zero-order valence-electron chi connectivity index (χ0n) is 12.9. The molecule has 0 bridgehead atoms. The van der Waals surface area contributed by atoms with Crippen LogP contribution in [0.4, 0.5) is 11.4 Å². The number of aromatic hydroxyl groups is 1. The third-order valence-electron chi connectivity index (χ3n) is 3.84. The van der Waals surface area contributed by atoms with E-state index in [0.717, 1.165) is 18.5 Å². The summed E-state index contributed by atoms with van der Waals surface area (Å²) in [4.78, 5) is 16.6. The van der Waals surface area contributed by atoms with Gasteiger partial charge in [0, 0.05) is 5.69 Å². The summed E-state index contributed by atoms with van der Waals surface area (Å²) in [5, 5.41) is 10.1. The molecule has 0 saturated carbocycles. The second-order valence-corrected chi connectivity index (χ2v) is 5.53. The number of aliphatic imine (C=N–C) groups is 1. The fraction of sp³-hybridized carbons (Fsp3) is 0.158. The number of anilines is 1. The Morgan fingerprint density at radius 1 is 1.04 bits per heavy atom. The standard InChI is InChI=1S/C19H18N2O2/c1-2-3-12-4-6-13(7-5-12)21-15-9-11-16(22)18-14(20)8-10-17(23)19(15)18/h4-11,23H,2-3,20H2,1H3. The molecule has 2 aromatic carbocycles. The molecule has 0 atom stereocenters. The Morgan fingerprint density at radius 2 is 1.78 bits per heavy atom. The molecule has 0 radical (unpaired) electrons. The summed E-state index contributed by atoms with van der Waals surface area (Å²) in [6.07, 6.45) is 5.18. The number of aryl methyl sites for hydroxylation is 1. The molecule has 0 spiro atoms. The number of hydrogen-bond donors (Lipinski definition) is 2. The van der Waals surface area contributed by atoms with Gasteiger partial charge in [0.25, 0.3) is 0 Å². The average molecular weight is 306 g/mol. The van der Waals surface area contributed by atoms with Gasteiger partial charge in [0.1, 0.15) is 5.75 Å². The van der Waals surface area contributed by atoms with Crippen LogP contribution in [0.3, 0.4) is 0 Å². The van der Waals surface area contributed by atoms with Gasteiger partial charge in [0.2, 0.25) is 0 Å². The van der Waals surface area contributed by atoms with Crippen molar-refractivity contribution in [1.82, 2.24) is 0 Å². The normalized spacial score (nSPS) is 15.0. The fourth-order valence-electron chi connectivity index (χ4n) is 2.71. The molecule has 4 nitrogen and oxygen atoms in total. The van der Waals surface area contributed by atoms with Gasteiger partial charge >= 0.3 is 0 Å². The number of nitrogens with two attached hydrogens (primary N) is 1. The summed E-state index contributed by atoms with van der Waals surface area (Å²) in [5.41, 5.74) is 9.51. The van der Waals surface area contributed by atoms with Crippen LogP contribution in [0.5, 0.6) is 5.75 Å². The maximum absolute atomic E-state index is 12.0. The lowest BCUT2D eigenvalue weighted by atomic mass is 9.92. The zero-order chi connectivity index (χ0) is 16.4. The van der Waals surface area contributed by atoms with Gasteiger partial charge in [-0.15, -0.1) is 0 Å². The summed E-state index contributed by atoms with van der Waals surface area (Å²) in [6, 6.07) is 11.0. The number of fused-ring (bicyclic) bond motifs is 1. The molecule has 0 unspecified atom stereocenters. The number of carbonyl (C=O) groups is 1. The highest BCUT2D eigenvalue weighted by Crippen LogP contribution is 2.32. The molecule has 0 heterocycles. The summed E-state index contributed by atoms with van der Waals surface area (Å²) in [6.45, 7) is 2.14. The lowest BCUT2D eigenvalue weighted by Crippen LogP contribution is -2.15. The predicted octanol–water partition coefficient (Wildman–Crippen LogP) is 3.80. The third-order valence-corrected chi connectivity index (χ3v) is 3.84. The Bertz CT molecular complexity index is 818. The lowest BCUT2D eigenvalue weighted by Gasteiger charge is -2.16. The molecule has 116 valence electrons. The van der Waals surface area contributed by atoms with E-state index in [9.17, 15) is 9.90 Å². The minimum Gasteiger partial charge on any atom is -0.507 e. The van der Waals surface area contributed by atoms with Crippen LogP contribution in [0.1, 0.15) is 34.8 Å². The number of carbonyl (C=O) groups excluding carboxylic acids is 1. The Kier molecular flexibility index (Phi) is 3.98. The first-order valence-electron chi connectivity index (χ1n) is 7.62. The molecule has 1 aliphatic carbocycles. The second kappa shape index (κ2) is 6.08. The van der Waals surface area contributed by atoms with Crippen molar-refractivity contribution in [1.29, 1.82) is 0 Å². The Hall–Kier alpha value is -2.88. The smallest absolute Gasteiger partial charge is 0.188 e. The van der Waals surface area contributed by atoms with Gasteiger partial charge in [0.15, 0.2) is 5.78 Å². The van der Waals surface area contributed by atoms with Crippen LogP contribution in [0.2, 0.25) is 0 Å². The molecule has 1 aliphatic rings. The molecule has 2 aromatic rings. The van der Waals surface area contributed by atoms with E-state index in [1.165, 1.54) is 23.8 Å². The minimum atomic E-state index is -0.217. The molecule has 3 rings (SSSR count). The van der Waals surface area contributed by atoms with Crippen LogP contribution in [0, 0.1) is 0 Å². The number of nitrogens with zero attached hydrogens (tertiary/aromatic N) is 1. The monoisotopic (exact) mass is 306 g/mol. The van der Waals surface area contributed by atoms with Crippen LogP contribution in [0.15, 0.2) is 53.5 Å². The number of nitrogen functional groups attached to an aromatic ring is 1. The maximum Gasteiger partial charge on any atom is 0.188 e. The number of phenols is 1. The molecule has 23 heavy (non-hydrogen) atoms.